The first-order chi connectivity index (χ1) is 9.74. The highest BCUT2D eigenvalue weighted by Crippen LogP contribution is 2.08. The summed E-state index contributed by atoms with van der Waals surface area (Å²) in [6.45, 7) is 9.99. The van der Waals surface area contributed by atoms with E-state index >= 15 is 0 Å². The van der Waals surface area contributed by atoms with Gasteiger partial charge in [-0.05, 0) is 25.5 Å². The van der Waals surface area contributed by atoms with Gasteiger partial charge in [0, 0.05) is 12.6 Å². The van der Waals surface area contributed by atoms with Gasteiger partial charge in [-0.25, -0.2) is 0 Å². The lowest BCUT2D eigenvalue weighted by molar-refractivity contribution is 0.555. The van der Waals surface area contributed by atoms with Gasteiger partial charge in [0.05, 0.1) is 0 Å². The van der Waals surface area contributed by atoms with Crippen LogP contribution in [-0.2, 0) is 0 Å². The van der Waals surface area contributed by atoms with Crippen LogP contribution in [0, 0.1) is 0 Å². The number of aliphatic imine (C=N–C) groups is 1. The van der Waals surface area contributed by atoms with Crippen molar-refractivity contribution in [3.8, 4) is 0 Å². The molecule has 0 rings (SSSR count). The van der Waals surface area contributed by atoms with Crippen molar-refractivity contribution in [3.05, 3.63) is 0 Å². The average Bonchev–Trinajstić information content (AvgIpc) is 2.43. The van der Waals surface area contributed by atoms with Crippen molar-refractivity contribution in [2.75, 3.05) is 12.3 Å². The molecule has 120 valence electrons. The fraction of sp³-hybridized carbons (Fsp3) is 0.941. The molecule has 2 nitrogen and oxygen atoms in total. The van der Waals surface area contributed by atoms with Crippen LogP contribution in [0.15, 0.2) is 4.99 Å². The van der Waals surface area contributed by atoms with E-state index in [1.54, 1.807) is 0 Å². The van der Waals surface area contributed by atoms with Gasteiger partial charge < -0.3 is 5.32 Å². The summed E-state index contributed by atoms with van der Waals surface area (Å²) in [6, 6.07) is 0.555. The molecule has 0 bridgehead atoms. The van der Waals surface area contributed by atoms with Gasteiger partial charge in [-0.1, -0.05) is 77.5 Å². The highest BCUT2D eigenvalue weighted by molar-refractivity contribution is 8.13. The maximum absolute atomic E-state index is 4.75. The molecule has 0 aromatic rings. The molecule has 0 fully saturated rings. The van der Waals surface area contributed by atoms with Gasteiger partial charge in [-0.2, -0.15) is 0 Å². The van der Waals surface area contributed by atoms with Gasteiger partial charge in [0.15, 0.2) is 5.17 Å². The number of hydrogen-bond donors (Lipinski definition) is 1. The monoisotopic (exact) mass is 300 g/mol. The van der Waals surface area contributed by atoms with E-state index in [0.717, 1.165) is 17.5 Å². The second kappa shape index (κ2) is 15.2. The highest BCUT2D eigenvalue weighted by atomic mass is 32.2. The first-order valence-corrected chi connectivity index (χ1v) is 9.66. The number of rotatable bonds is 12. The number of hydrogen-bond acceptors (Lipinski definition) is 2. The number of unbranched alkanes of at least 4 members (excludes halogenated alkanes) is 6. The third-order valence-electron chi connectivity index (χ3n) is 3.41. The van der Waals surface area contributed by atoms with E-state index < -0.39 is 0 Å². The van der Waals surface area contributed by atoms with Crippen molar-refractivity contribution in [2.24, 2.45) is 4.99 Å². The molecule has 0 saturated carbocycles. The molecule has 0 aromatic heterocycles. The largest absolute Gasteiger partial charge is 0.362 e. The summed E-state index contributed by atoms with van der Waals surface area (Å²) in [6.07, 6.45) is 11.8. The summed E-state index contributed by atoms with van der Waals surface area (Å²) in [5.41, 5.74) is 0. The Balaban J connectivity index is 3.87. The predicted molar refractivity (Wildman–Crippen MR) is 95.9 cm³/mol. The van der Waals surface area contributed by atoms with E-state index in [0.29, 0.717) is 6.04 Å². The van der Waals surface area contributed by atoms with Crippen LogP contribution in [0.1, 0.15) is 85.5 Å². The molecule has 0 aliphatic heterocycles. The van der Waals surface area contributed by atoms with Crippen LogP contribution in [0.4, 0.5) is 0 Å². The Morgan fingerprint density at radius 2 is 1.60 bits per heavy atom. The summed E-state index contributed by atoms with van der Waals surface area (Å²) >= 11 is 1.85. The number of nitrogens with zero attached hydrogens (tertiary/aromatic N) is 1. The molecule has 1 unspecified atom stereocenters. The summed E-state index contributed by atoms with van der Waals surface area (Å²) in [5, 5.41) is 4.75. The third kappa shape index (κ3) is 12.8. The topological polar surface area (TPSA) is 24.4 Å². The van der Waals surface area contributed by atoms with Crippen LogP contribution in [0.25, 0.3) is 0 Å². The molecule has 0 amide bonds. The third-order valence-corrected chi connectivity index (χ3v) is 4.22. The highest BCUT2D eigenvalue weighted by Gasteiger charge is 2.05. The zero-order chi connectivity index (χ0) is 15.1. The minimum absolute atomic E-state index is 0.555. The van der Waals surface area contributed by atoms with E-state index in [9.17, 15) is 0 Å². The first kappa shape index (κ1) is 19.8. The second-order valence-corrected chi connectivity index (χ2v) is 6.83. The number of thioether (sulfide) groups is 1. The van der Waals surface area contributed by atoms with Crippen LogP contribution in [-0.4, -0.2) is 23.5 Å². The first-order valence-electron chi connectivity index (χ1n) is 8.68. The number of nitrogens with one attached hydrogen (secondary N) is 1. The van der Waals surface area contributed by atoms with E-state index in [1.165, 1.54) is 57.8 Å². The Kier molecular flexibility index (Phi) is 15.1. The second-order valence-electron chi connectivity index (χ2n) is 5.58. The maximum Gasteiger partial charge on any atom is 0.156 e. The molecule has 0 aliphatic carbocycles. The fourth-order valence-electron chi connectivity index (χ4n) is 2.15. The Morgan fingerprint density at radius 3 is 2.25 bits per heavy atom. The summed E-state index contributed by atoms with van der Waals surface area (Å²) in [4.78, 5) is 4.75. The Labute approximate surface area is 131 Å². The molecule has 0 aliphatic rings. The predicted octanol–water partition coefficient (Wildman–Crippen LogP) is 5.62. The zero-order valence-corrected chi connectivity index (χ0v) is 15.0. The lowest BCUT2D eigenvalue weighted by Gasteiger charge is -2.16. The van der Waals surface area contributed by atoms with Gasteiger partial charge in [-0.15, -0.1) is 0 Å². The quantitative estimate of drug-likeness (QED) is 0.287. The van der Waals surface area contributed by atoms with Gasteiger partial charge in [-0.3, -0.25) is 4.99 Å². The summed E-state index contributed by atoms with van der Waals surface area (Å²) in [7, 11) is 0. The lowest BCUT2D eigenvalue weighted by Crippen LogP contribution is -2.31. The summed E-state index contributed by atoms with van der Waals surface area (Å²) in [5.74, 6) is 1.10. The molecule has 0 heterocycles. The van der Waals surface area contributed by atoms with Gasteiger partial charge in [0.1, 0.15) is 0 Å². The van der Waals surface area contributed by atoms with E-state index in [4.69, 9.17) is 4.99 Å². The zero-order valence-electron chi connectivity index (χ0n) is 14.2. The fourth-order valence-corrected chi connectivity index (χ4v) is 2.89. The van der Waals surface area contributed by atoms with Crippen molar-refractivity contribution in [1.29, 1.82) is 0 Å². The summed E-state index contributed by atoms with van der Waals surface area (Å²) < 4.78 is 0. The van der Waals surface area contributed by atoms with E-state index in [2.05, 4.69) is 33.0 Å². The van der Waals surface area contributed by atoms with Gasteiger partial charge in [0.2, 0.25) is 0 Å². The molecule has 1 atom stereocenters. The molecule has 20 heavy (non-hydrogen) atoms. The van der Waals surface area contributed by atoms with Crippen LogP contribution >= 0.6 is 11.8 Å². The van der Waals surface area contributed by atoms with Crippen LogP contribution < -0.4 is 5.32 Å². The standard InChI is InChI=1S/C17H36N2S/c1-5-8-10-11-13-15-18-17(20-7-3)19-16(4)14-12-9-6-2/h16H,5-15H2,1-4H3,(H,18,19). The molecule has 0 spiro atoms. The van der Waals surface area contributed by atoms with Crippen LogP contribution in [0.3, 0.4) is 0 Å². The molecule has 1 N–H and O–H groups in total. The van der Waals surface area contributed by atoms with Crippen molar-refractivity contribution in [1.82, 2.24) is 5.32 Å². The maximum atomic E-state index is 4.75. The van der Waals surface area contributed by atoms with Crippen molar-refractivity contribution < 1.29 is 0 Å². The van der Waals surface area contributed by atoms with E-state index in [-0.39, 0.29) is 0 Å². The van der Waals surface area contributed by atoms with Gasteiger partial charge >= 0.3 is 0 Å². The molecule has 0 aromatic carbocycles. The number of amidine groups is 1. The van der Waals surface area contributed by atoms with Crippen molar-refractivity contribution >= 4 is 16.9 Å². The van der Waals surface area contributed by atoms with Crippen molar-refractivity contribution in [2.45, 2.75) is 91.5 Å². The van der Waals surface area contributed by atoms with Crippen molar-refractivity contribution in [3.63, 3.8) is 0 Å². The molecule has 3 heteroatoms. The van der Waals surface area contributed by atoms with E-state index in [1.807, 2.05) is 11.8 Å². The lowest BCUT2D eigenvalue weighted by atomic mass is 10.1. The average molecular weight is 301 g/mol. The molecule has 0 radical (unpaired) electrons. The molecule has 0 saturated heterocycles. The normalized spacial score (nSPS) is 13.5. The Bertz CT molecular complexity index is 229. The molecular weight excluding hydrogens is 264 g/mol. The SMILES string of the molecule is CCCCCCCN=C(NC(C)CCCCC)SCC. The van der Waals surface area contributed by atoms with Crippen LogP contribution in [0.2, 0.25) is 0 Å². The van der Waals surface area contributed by atoms with Crippen LogP contribution in [0.5, 0.6) is 0 Å². The minimum atomic E-state index is 0.555. The van der Waals surface area contributed by atoms with Gasteiger partial charge in [0.25, 0.3) is 0 Å². The smallest absolute Gasteiger partial charge is 0.156 e. The Hall–Kier alpha value is -0.180. The molecular formula is C17H36N2S. The minimum Gasteiger partial charge on any atom is -0.362 e. The Morgan fingerprint density at radius 1 is 0.950 bits per heavy atom.